The summed E-state index contributed by atoms with van der Waals surface area (Å²) in [5.41, 5.74) is 2.20. The molecular formula is C14H17BrClN3O. The lowest BCUT2D eigenvalue weighted by Gasteiger charge is -2.05. The van der Waals surface area contributed by atoms with Gasteiger partial charge in [-0.05, 0) is 17.7 Å². The topological polar surface area (TPSA) is 39.1 Å². The molecule has 0 spiro atoms. The van der Waals surface area contributed by atoms with Crippen molar-refractivity contribution in [2.45, 2.75) is 13.1 Å². The lowest BCUT2D eigenvalue weighted by molar-refractivity contribution is 0.199. The van der Waals surface area contributed by atoms with Gasteiger partial charge in [0.15, 0.2) is 0 Å². The molecule has 0 radical (unpaired) electrons. The fourth-order valence-electron chi connectivity index (χ4n) is 1.82. The highest BCUT2D eigenvalue weighted by Gasteiger charge is 2.04. The molecule has 0 atom stereocenters. The first-order chi connectivity index (χ1) is 9.69. The van der Waals surface area contributed by atoms with Crippen molar-refractivity contribution >= 4 is 27.5 Å². The van der Waals surface area contributed by atoms with E-state index in [2.05, 4.69) is 26.3 Å². The third-order valence-corrected chi connectivity index (χ3v) is 3.69. The molecular weight excluding hydrogens is 342 g/mol. The van der Waals surface area contributed by atoms with Gasteiger partial charge in [0.1, 0.15) is 0 Å². The smallest absolute Gasteiger partial charge is 0.0674 e. The van der Waals surface area contributed by atoms with E-state index in [1.807, 2.05) is 35.3 Å². The molecule has 4 nitrogen and oxygen atoms in total. The number of methoxy groups -OCH3 is 1. The van der Waals surface area contributed by atoms with Crippen molar-refractivity contribution in [3.63, 3.8) is 0 Å². The molecule has 2 rings (SSSR count). The van der Waals surface area contributed by atoms with Gasteiger partial charge in [0.05, 0.1) is 19.3 Å². The van der Waals surface area contributed by atoms with Crippen LogP contribution in [0, 0.1) is 0 Å². The summed E-state index contributed by atoms with van der Waals surface area (Å²) in [5.74, 6) is 0. The van der Waals surface area contributed by atoms with E-state index < -0.39 is 0 Å². The number of ether oxygens (including phenoxy) is 1. The highest BCUT2D eigenvalue weighted by Crippen LogP contribution is 2.22. The third-order valence-electron chi connectivity index (χ3n) is 2.85. The molecule has 2 aromatic rings. The van der Waals surface area contributed by atoms with Crippen molar-refractivity contribution in [2.75, 3.05) is 20.3 Å². The van der Waals surface area contributed by atoms with E-state index in [0.29, 0.717) is 13.2 Å². The number of benzene rings is 1. The van der Waals surface area contributed by atoms with Gasteiger partial charge in [-0.3, -0.25) is 4.68 Å². The minimum absolute atomic E-state index is 0.671. The Labute approximate surface area is 132 Å². The van der Waals surface area contributed by atoms with E-state index in [4.69, 9.17) is 16.3 Å². The number of aromatic nitrogens is 2. The van der Waals surface area contributed by atoms with Crippen molar-refractivity contribution < 1.29 is 4.74 Å². The fourth-order valence-corrected chi connectivity index (χ4v) is 2.55. The van der Waals surface area contributed by atoms with E-state index in [0.717, 1.165) is 33.7 Å². The second-order valence-electron chi connectivity index (χ2n) is 4.45. The van der Waals surface area contributed by atoms with Crippen molar-refractivity contribution in [3.8, 4) is 0 Å². The Bertz CT molecular complexity index is 559. The molecule has 0 fully saturated rings. The van der Waals surface area contributed by atoms with Crippen LogP contribution in [0.4, 0.5) is 0 Å². The summed E-state index contributed by atoms with van der Waals surface area (Å²) in [4.78, 5) is 0. The zero-order chi connectivity index (χ0) is 14.4. The van der Waals surface area contributed by atoms with Gasteiger partial charge in [0.25, 0.3) is 0 Å². The second kappa shape index (κ2) is 7.78. The van der Waals surface area contributed by atoms with Crippen LogP contribution in [0.25, 0.3) is 0 Å². The van der Waals surface area contributed by atoms with E-state index in [-0.39, 0.29) is 0 Å². The Morgan fingerprint density at radius 2 is 2.30 bits per heavy atom. The van der Waals surface area contributed by atoms with Crippen LogP contribution in [0.3, 0.4) is 0 Å². The van der Waals surface area contributed by atoms with Gasteiger partial charge in [-0.25, -0.2) is 0 Å². The molecule has 0 bridgehead atoms. The summed E-state index contributed by atoms with van der Waals surface area (Å²) in [7, 11) is 1.70. The first-order valence-corrected chi connectivity index (χ1v) is 7.51. The van der Waals surface area contributed by atoms with Crippen LogP contribution < -0.4 is 5.32 Å². The number of hydrogen-bond donors (Lipinski definition) is 1. The van der Waals surface area contributed by atoms with Crippen LogP contribution in [0.15, 0.2) is 35.1 Å². The maximum absolute atomic E-state index is 6.21. The molecule has 0 amide bonds. The monoisotopic (exact) mass is 357 g/mol. The molecule has 20 heavy (non-hydrogen) atoms. The van der Waals surface area contributed by atoms with Crippen molar-refractivity contribution in [2.24, 2.45) is 0 Å². The van der Waals surface area contributed by atoms with Gasteiger partial charge in [-0.15, -0.1) is 0 Å². The summed E-state index contributed by atoms with van der Waals surface area (Å²) in [6, 6.07) is 5.89. The summed E-state index contributed by atoms with van der Waals surface area (Å²) in [5, 5.41) is 8.38. The van der Waals surface area contributed by atoms with Crippen molar-refractivity contribution in [3.05, 3.63) is 51.2 Å². The van der Waals surface area contributed by atoms with E-state index in [1.54, 1.807) is 7.11 Å². The minimum Gasteiger partial charge on any atom is -0.383 e. The molecule has 6 heteroatoms. The maximum atomic E-state index is 6.21. The Morgan fingerprint density at radius 3 is 3.05 bits per heavy atom. The number of nitrogens with zero attached hydrogens (tertiary/aromatic N) is 2. The summed E-state index contributed by atoms with van der Waals surface area (Å²) < 4.78 is 7.86. The van der Waals surface area contributed by atoms with Crippen LogP contribution in [0.2, 0.25) is 5.02 Å². The van der Waals surface area contributed by atoms with Gasteiger partial charge < -0.3 is 10.1 Å². The lowest BCUT2D eigenvalue weighted by atomic mass is 10.2. The van der Waals surface area contributed by atoms with Crippen molar-refractivity contribution in [1.82, 2.24) is 15.1 Å². The molecule has 0 aliphatic carbocycles. The largest absolute Gasteiger partial charge is 0.383 e. The Hall–Kier alpha value is -0.880. The highest BCUT2D eigenvalue weighted by molar-refractivity contribution is 9.10. The van der Waals surface area contributed by atoms with Crippen LogP contribution in [-0.2, 0) is 17.8 Å². The van der Waals surface area contributed by atoms with E-state index >= 15 is 0 Å². The van der Waals surface area contributed by atoms with Crippen molar-refractivity contribution in [1.29, 1.82) is 0 Å². The zero-order valence-corrected chi connectivity index (χ0v) is 13.6. The highest BCUT2D eigenvalue weighted by atomic mass is 79.9. The third kappa shape index (κ3) is 4.59. The van der Waals surface area contributed by atoms with Gasteiger partial charge in [-0.1, -0.05) is 33.6 Å². The van der Waals surface area contributed by atoms with E-state index in [1.165, 1.54) is 0 Å². The molecule has 0 saturated carbocycles. The molecule has 1 aromatic heterocycles. The number of rotatable bonds is 7. The van der Waals surface area contributed by atoms with Crippen LogP contribution in [0.5, 0.6) is 0 Å². The molecule has 0 saturated heterocycles. The Balaban J connectivity index is 1.92. The maximum Gasteiger partial charge on any atom is 0.0674 e. The molecule has 108 valence electrons. The minimum atomic E-state index is 0.671. The molecule has 1 N–H and O–H groups in total. The number of halogens is 2. The SMILES string of the molecule is COCCNCc1cnn(Cc2ccc(Br)cc2Cl)c1. The quantitative estimate of drug-likeness (QED) is 0.773. The average Bonchev–Trinajstić information content (AvgIpc) is 2.86. The summed E-state index contributed by atoms with van der Waals surface area (Å²) >= 11 is 9.61. The number of nitrogens with one attached hydrogen (secondary N) is 1. The predicted molar refractivity (Wildman–Crippen MR) is 84.1 cm³/mol. The summed E-state index contributed by atoms with van der Waals surface area (Å²) in [6.07, 6.45) is 3.89. The standard InChI is InChI=1S/C14H17BrClN3O/c1-20-5-4-17-7-11-8-18-19(9-11)10-12-2-3-13(15)6-14(12)16/h2-3,6,8-9,17H,4-5,7,10H2,1H3. The van der Waals surface area contributed by atoms with Crippen LogP contribution in [-0.4, -0.2) is 30.0 Å². The molecule has 0 aliphatic rings. The van der Waals surface area contributed by atoms with Crippen LogP contribution in [0.1, 0.15) is 11.1 Å². The van der Waals surface area contributed by atoms with Gasteiger partial charge in [0, 0.05) is 41.5 Å². The van der Waals surface area contributed by atoms with Gasteiger partial charge in [-0.2, -0.15) is 5.10 Å². The predicted octanol–water partition coefficient (Wildman–Crippen LogP) is 3.08. The van der Waals surface area contributed by atoms with Gasteiger partial charge in [0.2, 0.25) is 0 Å². The summed E-state index contributed by atoms with van der Waals surface area (Å²) in [6.45, 7) is 3.00. The number of hydrogen-bond acceptors (Lipinski definition) is 3. The molecule has 0 unspecified atom stereocenters. The second-order valence-corrected chi connectivity index (χ2v) is 5.77. The van der Waals surface area contributed by atoms with Crippen LogP contribution >= 0.6 is 27.5 Å². The Morgan fingerprint density at radius 1 is 1.45 bits per heavy atom. The molecule has 1 aromatic carbocycles. The van der Waals surface area contributed by atoms with Gasteiger partial charge >= 0.3 is 0 Å². The molecule has 1 heterocycles. The molecule has 0 aliphatic heterocycles. The average molecular weight is 359 g/mol. The normalized spacial score (nSPS) is 10.9. The fraction of sp³-hybridized carbons (Fsp3) is 0.357. The Kier molecular flexibility index (Phi) is 6.04. The first kappa shape index (κ1) is 15.5. The zero-order valence-electron chi connectivity index (χ0n) is 11.3. The lowest BCUT2D eigenvalue weighted by Crippen LogP contribution is -2.18. The van der Waals surface area contributed by atoms with E-state index in [9.17, 15) is 0 Å². The first-order valence-electron chi connectivity index (χ1n) is 6.34.